The Morgan fingerprint density at radius 2 is 2.07 bits per heavy atom. The first kappa shape index (κ1) is 11.2. The largest absolute Gasteiger partial charge is 0.347 e. The quantitative estimate of drug-likeness (QED) is 0.728. The topological polar surface area (TPSA) is 46.2 Å². The molecule has 1 amide bonds. The van der Waals surface area contributed by atoms with Crippen LogP contribution in [0.4, 0.5) is 0 Å². The summed E-state index contributed by atoms with van der Waals surface area (Å²) >= 11 is 0. The predicted octanol–water partition coefficient (Wildman–Crippen LogP) is 1.66. The Morgan fingerprint density at radius 3 is 2.50 bits per heavy atom. The Morgan fingerprint density at radius 1 is 1.43 bits per heavy atom. The molecule has 0 bridgehead atoms. The lowest BCUT2D eigenvalue weighted by Crippen LogP contribution is -2.39. The van der Waals surface area contributed by atoms with Gasteiger partial charge in [-0.1, -0.05) is 13.3 Å². The lowest BCUT2D eigenvalue weighted by atomic mass is 9.83. The number of carbonyl (C=O) groups excluding carboxylic acids is 2. The van der Waals surface area contributed by atoms with Crippen LogP contribution in [-0.4, -0.2) is 17.7 Å². The van der Waals surface area contributed by atoms with Crippen molar-refractivity contribution in [3.63, 3.8) is 0 Å². The summed E-state index contributed by atoms with van der Waals surface area (Å²) in [6.45, 7) is 3.57. The van der Waals surface area contributed by atoms with Crippen LogP contribution in [0.25, 0.3) is 0 Å². The summed E-state index contributed by atoms with van der Waals surface area (Å²) in [5.74, 6) is 0.704. The number of hydrogen-bond acceptors (Lipinski definition) is 2. The molecule has 0 heterocycles. The highest BCUT2D eigenvalue weighted by Gasteiger charge is 2.22. The van der Waals surface area contributed by atoms with Crippen molar-refractivity contribution in [2.24, 2.45) is 5.92 Å². The maximum Gasteiger partial charge on any atom is 0.220 e. The maximum absolute atomic E-state index is 11.4. The standard InChI is InChI=1S/C11H19NO2/c1-3-10(13)8(2)12-11(14)7-9-5-4-6-9/h8-9H,3-7H2,1-2H3,(H,12,14). The van der Waals surface area contributed by atoms with Gasteiger partial charge in [0.05, 0.1) is 6.04 Å². The maximum atomic E-state index is 11.4. The molecule has 3 heteroatoms. The average molecular weight is 197 g/mol. The van der Waals surface area contributed by atoms with Crippen LogP contribution in [0.15, 0.2) is 0 Å². The molecular weight excluding hydrogens is 178 g/mol. The summed E-state index contributed by atoms with van der Waals surface area (Å²) in [5, 5.41) is 2.74. The Bertz CT molecular complexity index is 221. The molecule has 14 heavy (non-hydrogen) atoms. The molecule has 0 radical (unpaired) electrons. The molecule has 1 atom stereocenters. The van der Waals surface area contributed by atoms with E-state index >= 15 is 0 Å². The number of carbonyl (C=O) groups is 2. The SMILES string of the molecule is CCC(=O)C(C)NC(=O)CC1CCC1. The van der Waals surface area contributed by atoms with Crippen molar-refractivity contribution < 1.29 is 9.59 Å². The molecule has 1 fully saturated rings. The van der Waals surface area contributed by atoms with Gasteiger partial charge in [-0.25, -0.2) is 0 Å². The molecule has 1 saturated carbocycles. The van der Waals surface area contributed by atoms with Gasteiger partial charge >= 0.3 is 0 Å². The summed E-state index contributed by atoms with van der Waals surface area (Å²) < 4.78 is 0. The zero-order valence-electron chi connectivity index (χ0n) is 9.01. The van der Waals surface area contributed by atoms with E-state index in [0.717, 1.165) is 0 Å². The zero-order valence-corrected chi connectivity index (χ0v) is 9.01. The molecule has 1 rings (SSSR count). The fourth-order valence-corrected chi connectivity index (χ4v) is 1.65. The molecule has 0 aliphatic heterocycles. The van der Waals surface area contributed by atoms with Crippen molar-refractivity contribution in [3.8, 4) is 0 Å². The van der Waals surface area contributed by atoms with E-state index in [9.17, 15) is 9.59 Å². The Labute approximate surface area is 85.3 Å². The van der Waals surface area contributed by atoms with Crippen molar-refractivity contribution in [3.05, 3.63) is 0 Å². The van der Waals surface area contributed by atoms with Gasteiger partial charge in [0.25, 0.3) is 0 Å². The van der Waals surface area contributed by atoms with E-state index < -0.39 is 0 Å². The van der Waals surface area contributed by atoms with Gasteiger partial charge in [0, 0.05) is 12.8 Å². The highest BCUT2D eigenvalue weighted by molar-refractivity contribution is 5.88. The van der Waals surface area contributed by atoms with E-state index in [1.807, 2.05) is 6.92 Å². The number of hydrogen-bond donors (Lipinski definition) is 1. The molecule has 0 aromatic heterocycles. The molecule has 1 N–H and O–H groups in total. The zero-order chi connectivity index (χ0) is 10.6. The van der Waals surface area contributed by atoms with Crippen LogP contribution in [0.2, 0.25) is 0 Å². The van der Waals surface area contributed by atoms with Crippen LogP contribution in [0.1, 0.15) is 46.0 Å². The van der Waals surface area contributed by atoms with Crippen LogP contribution in [0.3, 0.4) is 0 Å². The Balaban J connectivity index is 2.21. The molecule has 0 saturated heterocycles. The van der Waals surface area contributed by atoms with Gasteiger partial charge in [-0.15, -0.1) is 0 Å². The number of nitrogens with one attached hydrogen (secondary N) is 1. The lowest BCUT2D eigenvalue weighted by Gasteiger charge is -2.25. The van der Waals surface area contributed by atoms with Gasteiger partial charge < -0.3 is 5.32 Å². The number of rotatable bonds is 5. The number of ketones is 1. The third kappa shape index (κ3) is 3.13. The van der Waals surface area contributed by atoms with Crippen LogP contribution >= 0.6 is 0 Å². The van der Waals surface area contributed by atoms with E-state index in [2.05, 4.69) is 5.32 Å². The summed E-state index contributed by atoms with van der Waals surface area (Å²) in [7, 11) is 0. The minimum atomic E-state index is -0.312. The van der Waals surface area contributed by atoms with Crippen LogP contribution < -0.4 is 5.32 Å². The first-order chi connectivity index (χ1) is 6.63. The smallest absolute Gasteiger partial charge is 0.220 e. The summed E-state index contributed by atoms with van der Waals surface area (Å²) in [6.07, 6.45) is 4.68. The minimum Gasteiger partial charge on any atom is -0.347 e. The molecule has 3 nitrogen and oxygen atoms in total. The van der Waals surface area contributed by atoms with E-state index in [1.54, 1.807) is 6.92 Å². The highest BCUT2D eigenvalue weighted by atomic mass is 16.2. The van der Waals surface area contributed by atoms with Crippen LogP contribution in [0.5, 0.6) is 0 Å². The minimum absolute atomic E-state index is 0.0315. The Kier molecular flexibility index (Phi) is 4.11. The van der Waals surface area contributed by atoms with Gasteiger partial charge in [-0.05, 0) is 25.7 Å². The van der Waals surface area contributed by atoms with Crippen LogP contribution in [0, 0.1) is 5.92 Å². The normalized spacial score (nSPS) is 18.4. The highest BCUT2D eigenvalue weighted by Crippen LogP contribution is 2.29. The molecule has 0 spiro atoms. The first-order valence-corrected chi connectivity index (χ1v) is 5.45. The summed E-state index contributed by atoms with van der Waals surface area (Å²) in [5.41, 5.74) is 0. The monoisotopic (exact) mass is 197 g/mol. The second-order valence-electron chi connectivity index (χ2n) is 4.11. The Hall–Kier alpha value is -0.860. The third-order valence-electron chi connectivity index (χ3n) is 2.91. The molecular formula is C11H19NO2. The van der Waals surface area contributed by atoms with Crippen molar-refractivity contribution in [1.82, 2.24) is 5.32 Å². The molecule has 0 aromatic rings. The fourth-order valence-electron chi connectivity index (χ4n) is 1.65. The molecule has 1 unspecified atom stereocenters. The van der Waals surface area contributed by atoms with Gasteiger partial charge in [0.15, 0.2) is 5.78 Å². The predicted molar refractivity (Wildman–Crippen MR) is 54.9 cm³/mol. The van der Waals surface area contributed by atoms with Gasteiger partial charge in [-0.2, -0.15) is 0 Å². The molecule has 1 aliphatic carbocycles. The average Bonchev–Trinajstić information content (AvgIpc) is 2.10. The fraction of sp³-hybridized carbons (Fsp3) is 0.818. The summed E-state index contributed by atoms with van der Waals surface area (Å²) in [6, 6.07) is -0.312. The van der Waals surface area contributed by atoms with Crippen molar-refractivity contribution in [1.29, 1.82) is 0 Å². The number of Topliss-reactive ketones (excluding diaryl/α,β-unsaturated/α-hetero) is 1. The van der Waals surface area contributed by atoms with Crippen molar-refractivity contribution in [2.45, 2.75) is 52.0 Å². The number of amides is 1. The van der Waals surface area contributed by atoms with E-state index in [0.29, 0.717) is 18.8 Å². The second kappa shape index (κ2) is 5.13. The molecule has 0 aromatic carbocycles. The molecule has 1 aliphatic rings. The van der Waals surface area contributed by atoms with Crippen molar-refractivity contribution in [2.75, 3.05) is 0 Å². The first-order valence-electron chi connectivity index (χ1n) is 5.45. The third-order valence-corrected chi connectivity index (χ3v) is 2.91. The lowest BCUT2D eigenvalue weighted by molar-refractivity contribution is -0.128. The van der Waals surface area contributed by atoms with E-state index in [-0.39, 0.29) is 17.7 Å². The van der Waals surface area contributed by atoms with Gasteiger partial charge in [0.1, 0.15) is 0 Å². The van der Waals surface area contributed by atoms with Gasteiger partial charge in [-0.3, -0.25) is 9.59 Å². The second-order valence-corrected chi connectivity index (χ2v) is 4.11. The van der Waals surface area contributed by atoms with Crippen LogP contribution in [-0.2, 0) is 9.59 Å². The van der Waals surface area contributed by atoms with E-state index in [1.165, 1.54) is 19.3 Å². The molecule has 80 valence electrons. The van der Waals surface area contributed by atoms with E-state index in [4.69, 9.17) is 0 Å². The summed E-state index contributed by atoms with van der Waals surface area (Å²) in [4.78, 5) is 22.6. The van der Waals surface area contributed by atoms with Crippen molar-refractivity contribution >= 4 is 11.7 Å². The van der Waals surface area contributed by atoms with Gasteiger partial charge in [0.2, 0.25) is 5.91 Å².